The molecule has 0 bridgehead atoms. The molecule has 90 valence electrons. The molecule has 0 unspecified atom stereocenters. The van der Waals surface area contributed by atoms with E-state index in [1.807, 2.05) is 20.8 Å². The second-order valence-electron chi connectivity index (χ2n) is 4.18. The SMILES string of the molecule is CC(C)(C)/C(=N/O)n1cnc(C(Cl)(Cl)Cl)n1. The van der Waals surface area contributed by atoms with Crippen LogP contribution in [0.4, 0.5) is 0 Å². The lowest BCUT2D eigenvalue weighted by Crippen LogP contribution is -2.28. The van der Waals surface area contributed by atoms with Crippen molar-refractivity contribution in [2.24, 2.45) is 10.6 Å². The fourth-order valence-corrected chi connectivity index (χ4v) is 1.29. The summed E-state index contributed by atoms with van der Waals surface area (Å²) in [6.45, 7) is 5.58. The molecule has 0 fully saturated rings. The van der Waals surface area contributed by atoms with Gasteiger partial charge in [-0.15, -0.1) is 5.10 Å². The minimum Gasteiger partial charge on any atom is -0.409 e. The number of rotatable bonds is 0. The lowest BCUT2D eigenvalue weighted by atomic mass is 9.95. The van der Waals surface area contributed by atoms with Gasteiger partial charge in [-0.25, -0.2) is 9.67 Å². The molecule has 0 radical (unpaired) electrons. The molecule has 16 heavy (non-hydrogen) atoms. The van der Waals surface area contributed by atoms with Crippen LogP contribution in [0.1, 0.15) is 26.6 Å². The predicted molar refractivity (Wildman–Crippen MR) is 63.3 cm³/mol. The zero-order valence-corrected chi connectivity index (χ0v) is 11.2. The normalized spacial score (nSPS) is 14.2. The van der Waals surface area contributed by atoms with E-state index in [4.69, 9.17) is 40.0 Å². The molecule has 1 heterocycles. The average molecular weight is 286 g/mol. The zero-order chi connectivity index (χ0) is 12.6. The minimum absolute atomic E-state index is 0.0305. The maximum Gasteiger partial charge on any atom is 0.251 e. The number of hydrogen-bond acceptors (Lipinski definition) is 4. The van der Waals surface area contributed by atoms with Crippen LogP contribution in [-0.2, 0) is 3.79 Å². The molecule has 1 N–H and O–H groups in total. The number of alkyl halides is 3. The van der Waals surface area contributed by atoms with Gasteiger partial charge in [0.25, 0.3) is 3.79 Å². The first-order valence-electron chi connectivity index (χ1n) is 4.38. The highest BCUT2D eigenvalue weighted by Gasteiger charge is 2.30. The lowest BCUT2D eigenvalue weighted by Gasteiger charge is -2.18. The largest absolute Gasteiger partial charge is 0.409 e. The highest BCUT2D eigenvalue weighted by Crippen LogP contribution is 2.35. The van der Waals surface area contributed by atoms with E-state index in [0.29, 0.717) is 5.84 Å². The Bertz CT molecular complexity index is 402. The van der Waals surface area contributed by atoms with E-state index in [0.717, 1.165) is 0 Å². The molecule has 0 spiro atoms. The molecule has 8 heteroatoms. The summed E-state index contributed by atoms with van der Waals surface area (Å²) < 4.78 is -0.416. The van der Waals surface area contributed by atoms with Crippen LogP contribution in [0.5, 0.6) is 0 Å². The van der Waals surface area contributed by atoms with Crippen LogP contribution >= 0.6 is 34.8 Å². The number of hydrogen-bond donors (Lipinski definition) is 1. The molecule has 0 saturated heterocycles. The molecule has 0 amide bonds. The van der Waals surface area contributed by atoms with Gasteiger partial charge in [0.2, 0.25) is 5.82 Å². The van der Waals surface area contributed by atoms with Crippen molar-refractivity contribution in [2.45, 2.75) is 24.6 Å². The maximum absolute atomic E-state index is 8.93. The second-order valence-corrected chi connectivity index (χ2v) is 6.47. The summed E-state index contributed by atoms with van der Waals surface area (Å²) in [5.74, 6) is 0.336. The highest BCUT2D eigenvalue weighted by molar-refractivity contribution is 6.66. The summed E-state index contributed by atoms with van der Waals surface area (Å²) in [6, 6.07) is 0. The second kappa shape index (κ2) is 4.39. The molecule has 0 aliphatic heterocycles. The molecule has 0 aliphatic rings. The molecule has 1 aromatic rings. The molecule has 0 atom stereocenters. The molecule has 1 rings (SSSR count). The monoisotopic (exact) mass is 284 g/mol. The van der Waals surface area contributed by atoms with Crippen molar-refractivity contribution < 1.29 is 5.21 Å². The van der Waals surface area contributed by atoms with Crippen molar-refractivity contribution in [3.8, 4) is 0 Å². The summed E-state index contributed by atoms with van der Waals surface area (Å²) in [7, 11) is 0. The van der Waals surface area contributed by atoms with Gasteiger partial charge in [-0.2, -0.15) is 0 Å². The van der Waals surface area contributed by atoms with E-state index in [1.165, 1.54) is 11.0 Å². The van der Waals surface area contributed by atoms with Crippen LogP contribution in [0, 0.1) is 5.41 Å². The summed E-state index contributed by atoms with van der Waals surface area (Å²) in [5, 5.41) is 16.0. The topological polar surface area (TPSA) is 63.3 Å². The molecular weight excluding hydrogens is 274 g/mol. The molecule has 0 saturated carbocycles. The van der Waals surface area contributed by atoms with Crippen molar-refractivity contribution in [3.05, 3.63) is 12.2 Å². The van der Waals surface area contributed by atoms with Crippen molar-refractivity contribution >= 4 is 40.6 Å². The molecule has 0 aliphatic carbocycles. The molecule has 5 nitrogen and oxygen atoms in total. The number of halogens is 3. The Morgan fingerprint density at radius 3 is 2.25 bits per heavy atom. The van der Waals surface area contributed by atoms with E-state index < -0.39 is 9.21 Å². The summed E-state index contributed by atoms with van der Waals surface area (Å²) in [5.41, 5.74) is -0.409. The van der Waals surface area contributed by atoms with Crippen LogP contribution < -0.4 is 0 Å². The first-order chi connectivity index (χ1) is 7.16. The van der Waals surface area contributed by atoms with E-state index in [2.05, 4.69) is 15.2 Å². The highest BCUT2D eigenvalue weighted by atomic mass is 35.6. The van der Waals surface area contributed by atoms with E-state index in [-0.39, 0.29) is 5.82 Å². The van der Waals surface area contributed by atoms with Gasteiger partial charge in [-0.3, -0.25) is 0 Å². The van der Waals surface area contributed by atoms with Gasteiger partial charge in [0.1, 0.15) is 6.33 Å². The summed E-state index contributed by atoms with van der Waals surface area (Å²) in [4.78, 5) is 3.83. The predicted octanol–water partition coefficient (Wildman–Crippen LogP) is 2.79. The van der Waals surface area contributed by atoms with Gasteiger partial charge in [0, 0.05) is 5.41 Å². The third-order valence-electron chi connectivity index (χ3n) is 1.73. The van der Waals surface area contributed by atoms with Crippen molar-refractivity contribution in [3.63, 3.8) is 0 Å². The van der Waals surface area contributed by atoms with Crippen molar-refractivity contribution in [1.29, 1.82) is 0 Å². The Morgan fingerprint density at radius 1 is 1.38 bits per heavy atom. The fourth-order valence-electron chi connectivity index (χ4n) is 1.03. The first-order valence-corrected chi connectivity index (χ1v) is 5.51. The van der Waals surface area contributed by atoms with Crippen molar-refractivity contribution in [1.82, 2.24) is 14.8 Å². The van der Waals surface area contributed by atoms with Gasteiger partial charge in [0.15, 0.2) is 5.84 Å². The maximum atomic E-state index is 8.93. The standard InChI is InChI=1S/C8H11Cl3N4O/c1-7(2,3)6(14-16)15-4-12-5(13-15)8(9,10)11/h4,16H,1-3H3/b14-6-. The van der Waals surface area contributed by atoms with Gasteiger partial charge >= 0.3 is 0 Å². The quantitative estimate of drug-likeness (QED) is 0.262. The molecular formula is C8H11Cl3N4O. The Labute approximate surface area is 108 Å². The zero-order valence-electron chi connectivity index (χ0n) is 8.95. The third-order valence-corrected chi connectivity index (χ3v) is 2.24. The van der Waals surface area contributed by atoms with E-state index in [1.54, 1.807) is 0 Å². The lowest BCUT2D eigenvalue weighted by molar-refractivity contribution is 0.306. The number of nitrogens with zero attached hydrogens (tertiary/aromatic N) is 4. The summed E-state index contributed by atoms with van der Waals surface area (Å²) in [6.07, 6.45) is 1.33. The van der Waals surface area contributed by atoms with Gasteiger partial charge < -0.3 is 5.21 Å². The Kier molecular flexibility index (Phi) is 3.72. The van der Waals surface area contributed by atoms with Crippen LogP contribution in [0.15, 0.2) is 11.5 Å². The fraction of sp³-hybridized carbons (Fsp3) is 0.625. The van der Waals surface area contributed by atoms with Crippen LogP contribution in [0.3, 0.4) is 0 Å². The molecule has 1 aromatic heterocycles. The average Bonchev–Trinajstić information content (AvgIpc) is 2.50. The van der Waals surface area contributed by atoms with Crippen LogP contribution in [0.2, 0.25) is 0 Å². The van der Waals surface area contributed by atoms with Gasteiger partial charge in [0.05, 0.1) is 0 Å². The summed E-state index contributed by atoms with van der Waals surface area (Å²) >= 11 is 16.9. The van der Waals surface area contributed by atoms with Crippen LogP contribution in [0.25, 0.3) is 0 Å². The molecule has 0 aromatic carbocycles. The van der Waals surface area contributed by atoms with E-state index >= 15 is 0 Å². The first kappa shape index (κ1) is 13.5. The number of oxime groups is 1. The van der Waals surface area contributed by atoms with E-state index in [9.17, 15) is 0 Å². The van der Waals surface area contributed by atoms with Gasteiger partial charge in [-0.05, 0) is 0 Å². The Hall–Kier alpha value is -0.520. The van der Waals surface area contributed by atoms with Crippen LogP contribution in [-0.4, -0.2) is 25.8 Å². The van der Waals surface area contributed by atoms with Crippen molar-refractivity contribution in [2.75, 3.05) is 0 Å². The minimum atomic E-state index is -1.69. The third kappa shape index (κ3) is 2.99. The van der Waals surface area contributed by atoms with Gasteiger partial charge in [-0.1, -0.05) is 60.7 Å². The smallest absolute Gasteiger partial charge is 0.251 e. The Morgan fingerprint density at radius 2 is 1.94 bits per heavy atom. The Balaban J connectivity index is 3.12. The number of aromatic nitrogens is 3.